The van der Waals surface area contributed by atoms with Gasteiger partial charge in [0.05, 0.1) is 0 Å². The molecule has 1 N–H and O–H groups in total. The van der Waals surface area contributed by atoms with E-state index in [0.717, 1.165) is 19.3 Å². The summed E-state index contributed by atoms with van der Waals surface area (Å²) < 4.78 is 32.6. The van der Waals surface area contributed by atoms with Crippen molar-refractivity contribution in [3.05, 3.63) is 17.5 Å². The Morgan fingerprint density at radius 2 is 1.87 bits per heavy atom. The number of nitrogens with zero attached hydrogens (tertiary/aromatic N) is 2. The van der Waals surface area contributed by atoms with Crippen LogP contribution in [0.2, 0.25) is 0 Å². The molecule has 0 spiro atoms. The second-order valence-electron chi connectivity index (χ2n) is 9.17. The van der Waals surface area contributed by atoms with Crippen LogP contribution in [0.5, 0.6) is 0 Å². The first-order valence-corrected chi connectivity index (χ1v) is 13.2. The molecule has 1 aromatic heterocycles. The molecule has 2 aliphatic rings. The van der Waals surface area contributed by atoms with Crippen molar-refractivity contribution in [3.63, 3.8) is 0 Å². The number of hydrogen-bond donors (Lipinski definition) is 1. The fourth-order valence-electron chi connectivity index (χ4n) is 4.13. The van der Waals surface area contributed by atoms with Crippen LogP contribution in [0.25, 0.3) is 0 Å². The number of carbonyl (C=O) groups excluding carboxylic acids is 2. The molecule has 1 aromatic rings. The van der Waals surface area contributed by atoms with Crippen LogP contribution >= 0.6 is 11.3 Å². The normalized spacial score (nSPS) is 21.6. The van der Waals surface area contributed by atoms with Gasteiger partial charge in [0.15, 0.2) is 0 Å². The predicted molar refractivity (Wildman–Crippen MR) is 119 cm³/mol. The Bertz CT molecular complexity index is 856. The third kappa shape index (κ3) is 6.20. The van der Waals surface area contributed by atoms with Crippen LogP contribution in [0.15, 0.2) is 21.7 Å². The molecule has 0 saturated carbocycles. The van der Waals surface area contributed by atoms with Crippen molar-refractivity contribution < 1.29 is 22.7 Å². The summed E-state index contributed by atoms with van der Waals surface area (Å²) in [6.45, 7) is 7.19. The fraction of sp³-hybridized carbons (Fsp3) is 0.714. The number of rotatable bonds is 5. The molecule has 10 heteroatoms. The van der Waals surface area contributed by atoms with Gasteiger partial charge in [0.25, 0.3) is 10.0 Å². The zero-order valence-electron chi connectivity index (χ0n) is 18.5. The van der Waals surface area contributed by atoms with E-state index in [4.69, 9.17) is 4.74 Å². The highest BCUT2D eigenvalue weighted by molar-refractivity contribution is 7.91. The molecular formula is C21H33N3O5S2. The summed E-state index contributed by atoms with van der Waals surface area (Å²) in [6, 6.07) is 3.30. The van der Waals surface area contributed by atoms with Crippen LogP contribution in [0, 0.1) is 5.92 Å². The van der Waals surface area contributed by atoms with E-state index in [1.165, 1.54) is 15.6 Å². The van der Waals surface area contributed by atoms with Crippen LogP contribution in [-0.2, 0) is 19.6 Å². The lowest BCUT2D eigenvalue weighted by Crippen LogP contribution is -2.53. The van der Waals surface area contributed by atoms with E-state index in [2.05, 4.69) is 5.32 Å². The van der Waals surface area contributed by atoms with Gasteiger partial charge in [-0.2, -0.15) is 4.31 Å². The van der Waals surface area contributed by atoms with Crippen molar-refractivity contribution in [1.29, 1.82) is 0 Å². The number of sulfonamides is 1. The predicted octanol–water partition coefficient (Wildman–Crippen LogP) is 3.05. The fourth-order valence-corrected chi connectivity index (χ4v) is 6.75. The Morgan fingerprint density at radius 1 is 1.16 bits per heavy atom. The first-order valence-electron chi connectivity index (χ1n) is 10.9. The lowest BCUT2D eigenvalue weighted by molar-refractivity contribution is -0.140. The number of piperidine rings is 2. The topological polar surface area (TPSA) is 96.0 Å². The van der Waals surface area contributed by atoms with Crippen LogP contribution < -0.4 is 5.32 Å². The molecule has 0 aliphatic carbocycles. The molecule has 0 aromatic carbocycles. The molecule has 2 aliphatic heterocycles. The molecule has 1 unspecified atom stereocenters. The van der Waals surface area contributed by atoms with Crippen LogP contribution in [-0.4, -0.2) is 67.4 Å². The van der Waals surface area contributed by atoms with Gasteiger partial charge in [-0.05, 0) is 64.3 Å². The van der Waals surface area contributed by atoms with Crippen molar-refractivity contribution in [1.82, 2.24) is 14.5 Å². The summed E-state index contributed by atoms with van der Waals surface area (Å²) in [5.41, 5.74) is -0.566. The summed E-state index contributed by atoms with van der Waals surface area (Å²) >= 11 is 1.22. The number of nitrogens with one attached hydrogen (secondary N) is 1. The maximum Gasteiger partial charge on any atom is 0.407 e. The lowest BCUT2D eigenvalue weighted by atomic mass is 9.93. The summed E-state index contributed by atoms with van der Waals surface area (Å²) in [7, 11) is -3.47. The number of likely N-dealkylation sites (tertiary alicyclic amines) is 1. The quantitative estimate of drug-likeness (QED) is 0.712. The molecule has 2 amide bonds. The Kier molecular flexibility index (Phi) is 7.64. The van der Waals surface area contributed by atoms with Crippen LogP contribution in [0.4, 0.5) is 4.79 Å². The number of amides is 2. The molecule has 31 heavy (non-hydrogen) atoms. The molecule has 3 heterocycles. The van der Waals surface area contributed by atoms with Crippen molar-refractivity contribution in [3.8, 4) is 0 Å². The van der Waals surface area contributed by atoms with Crippen LogP contribution in [0.1, 0.15) is 52.9 Å². The lowest BCUT2D eigenvalue weighted by Gasteiger charge is -2.39. The van der Waals surface area contributed by atoms with Gasteiger partial charge in [-0.1, -0.05) is 6.07 Å². The monoisotopic (exact) mass is 471 g/mol. The molecule has 1 atom stereocenters. The van der Waals surface area contributed by atoms with E-state index in [9.17, 15) is 18.0 Å². The van der Waals surface area contributed by atoms with E-state index in [1.807, 2.05) is 25.7 Å². The van der Waals surface area contributed by atoms with Crippen molar-refractivity contribution in [2.45, 2.75) is 68.7 Å². The summed E-state index contributed by atoms with van der Waals surface area (Å²) in [4.78, 5) is 27.1. The van der Waals surface area contributed by atoms with Gasteiger partial charge in [0.2, 0.25) is 5.91 Å². The number of thiophene rings is 1. The van der Waals surface area contributed by atoms with Crippen molar-refractivity contribution >= 4 is 33.4 Å². The molecular weight excluding hydrogens is 438 g/mol. The standard InChI is InChI=1S/C21H33N3O5S2/c1-21(2,3)29-20(26)22-15-17-7-4-5-11-24(17)19(25)16-9-12-23(13-10-16)31(27,28)18-8-6-14-30-18/h6,8,14,16-17H,4-5,7,9-13,15H2,1-3H3,(H,22,26). The molecule has 8 nitrogen and oxygen atoms in total. The molecule has 3 rings (SSSR count). The Labute approximate surface area is 189 Å². The number of hydrogen-bond acceptors (Lipinski definition) is 6. The molecule has 2 fully saturated rings. The third-order valence-corrected chi connectivity index (χ3v) is 8.96. The highest BCUT2D eigenvalue weighted by atomic mass is 32.2. The second kappa shape index (κ2) is 9.87. The maximum absolute atomic E-state index is 13.2. The zero-order chi connectivity index (χ0) is 22.6. The minimum Gasteiger partial charge on any atom is -0.444 e. The van der Waals surface area contributed by atoms with Gasteiger partial charge >= 0.3 is 6.09 Å². The van der Waals surface area contributed by atoms with Gasteiger partial charge in [0.1, 0.15) is 9.81 Å². The van der Waals surface area contributed by atoms with E-state index in [-0.39, 0.29) is 17.9 Å². The van der Waals surface area contributed by atoms with Crippen LogP contribution in [0.3, 0.4) is 0 Å². The Hall–Kier alpha value is -1.65. The van der Waals surface area contributed by atoms with Gasteiger partial charge < -0.3 is 15.0 Å². The summed E-state index contributed by atoms with van der Waals surface area (Å²) in [5, 5.41) is 4.55. The third-order valence-electron chi connectivity index (χ3n) is 5.68. The van der Waals surface area contributed by atoms with Gasteiger partial charge in [-0.3, -0.25) is 4.79 Å². The second-order valence-corrected chi connectivity index (χ2v) is 12.3. The maximum atomic E-state index is 13.2. The van der Waals surface area contributed by atoms with Crippen molar-refractivity contribution in [2.75, 3.05) is 26.2 Å². The van der Waals surface area contributed by atoms with E-state index < -0.39 is 21.7 Å². The largest absolute Gasteiger partial charge is 0.444 e. The van der Waals surface area contributed by atoms with Crippen molar-refractivity contribution in [2.24, 2.45) is 5.92 Å². The minimum absolute atomic E-state index is 0.0540. The summed E-state index contributed by atoms with van der Waals surface area (Å²) in [6.07, 6.45) is 3.37. The molecule has 0 bridgehead atoms. The van der Waals surface area contributed by atoms with E-state index in [0.29, 0.717) is 43.2 Å². The summed E-state index contributed by atoms with van der Waals surface area (Å²) in [5.74, 6) is -0.110. The first kappa shape index (κ1) is 24.0. The molecule has 0 radical (unpaired) electrons. The Morgan fingerprint density at radius 3 is 2.48 bits per heavy atom. The SMILES string of the molecule is CC(C)(C)OC(=O)NCC1CCCCN1C(=O)C1CCN(S(=O)(=O)c2cccs2)CC1. The average Bonchev–Trinajstić information content (AvgIpc) is 3.27. The van der Waals surface area contributed by atoms with Gasteiger partial charge in [-0.15, -0.1) is 11.3 Å². The highest BCUT2D eigenvalue weighted by Crippen LogP contribution is 2.29. The van der Waals surface area contributed by atoms with Gasteiger partial charge in [0, 0.05) is 38.1 Å². The number of carbonyl (C=O) groups is 2. The molecule has 2 saturated heterocycles. The van der Waals surface area contributed by atoms with E-state index in [1.54, 1.807) is 17.5 Å². The average molecular weight is 472 g/mol. The zero-order valence-corrected chi connectivity index (χ0v) is 20.1. The first-order chi connectivity index (χ1) is 14.6. The van der Waals surface area contributed by atoms with Gasteiger partial charge in [-0.25, -0.2) is 13.2 Å². The number of alkyl carbamates (subject to hydrolysis) is 1. The Balaban J connectivity index is 1.55. The highest BCUT2D eigenvalue weighted by Gasteiger charge is 2.36. The molecule has 174 valence electrons. The minimum atomic E-state index is -3.47. The van der Waals surface area contributed by atoms with E-state index >= 15 is 0 Å². The smallest absolute Gasteiger partial charge is 0.407 e. The number of ether oxygens (including phenoxy) is 1.